The Balaban J connectivity index is 2.36. The van der Waals surface area contributed by atoms with Crippen molar-refractivity contribution in [1.82, 2.24) is 5.06 Å². The average molecular weight is 351 g/mol. The van der Waals surface area contributed by atoms with Gasteiger partial charge in [0.2, 0.25) is 0 Å². The van der Waals surface area contributed by atoms with E-state index < -0.39 is 45.5 Å². The number of imide groups is 1. The molecule has 1 saturated heterocycles. The van der Waals surface area contributed by atoms with Gasteiger partial charge < -0.3 is 9.94 Å². The molecule has 0 aromatic heterocycles. The van der Waals surface area contributed by atoms with Crippen molar-refractivity contribution in [2.75, 3.05) is 0 Å². The van der Waals surface area contributed by atoms with Gasteiger partial charge in [-0.15, -0.1) is 5.06 Å². The Kier molecular flexibility index (Phi) is 6.63. The molecule has 0 unspecified atom stereocenters. The van der Waals surface area contributed by atoms with Crippen molar-refractivity contribution in [3.63, 3.8) is 0 Å². The molecule has 0 bridgehead atoms. The molecule has 2 N–H and O–H groups in total. The van der Waals surface area contributed by atoms with E-state index in [1.54, 1.807) is 0 Å². The minimum absolute atomic E-state index is 0.0399. The van der Waals surface area contributed by atoms with Crippen LogP contribution in [0.4, 0.5) is 0 Å². The van der Waals surface area contributed by atoms with Crippen LogP contribution in [-0.2, 0) is 34.1 Å². The molecule has 0 aromatic rings. The normalized spacial score (nSPS) is 18.3. The zero-order valence-electron chi connectivity index (χ0n) is 12.1. The van der Waals surface area contributed by atoms with Crippen LogP contribution in [0.15, 0.2) is 0 Å². The molecule has 1 atom stereocenters. The number of carboxylic acids is 1. The van der Waals surface area contributed by atoms with Crippen LogP contribution in [0.25, 0.3) is 0 Å². The average Bonchev–Trinajstić information content (AvgIpc) is 2.70. The second-order valence-corrected chi connectivity index (χ2v) is 6.60. The fourth-order valence-electron chi connectivity index (χ4n) is 1.96. The Hall–Kier alpha value is -2.01. The van der Waals surface area contributed by atoms with Gasteiger partial charge in [0.15, 0.2) is 5.25 Å². The van der Waals surface area contributed by atoms with Crippen molar-refractivity contribution in [3.8, 4) is 0 Å². The number of nitrogens with zero attached hydrogens (tertiary/aromatic N) is 1. The maximum atomic E-state index is 11.6. The number of aliphatic carboxylic acids is 1. The van der Waals surface area contributed by atoms with Crippen LogP contribution in [0.3, 0.4) is 0 Å². The van der Waals surface area contributed by atoms with Crippen molar-refractivity contribution in [2.45, 2.75) is 50.2 Å². The first-order valence-corrected chi connectivity index (χ1v) is 8.39. The molecule has 2 amide bonds. The highest BCUT2D eigenvalue weighted by molar-refractivity contribution is 7.87. The maximum Gasteiger partial charge on any atom is 0.333 e. The predicted molar refractivity (Wildman–Crippen MR) is 73.2 cm³/mol. The molecule has 10 nitrogen and oxygen atoms in total. The Morgan fingerprint density at radius 1 is 1.13 bits per heavy atom. The van der Waals surface area contributed by atoms with Gasteiger partial charge in [-0.1, -0.05) is 12.8 Å². The summed E-state index contributed by atoms with van der Waals surface area (Å²) >= 11 is 0. The van der Waals surface area contributed by atoms with Crippen LogP contribution in [0, 0.1) is 0 Å². The lowest BCUT2D eigenvalue weighted by Gasteiger charge is -2.13. The lowest BCUT2D eigenvalue weighted by molar-refractivity contribution is -0.197. The number of unbranched alkanes of at least 4 members (excludes halogenated alkanes) is 3. The number of carbonyl (C=O) groups excluding carboxylic acids is 3. The molecule has 1 rings (SSSR count). The molecule has 1 heterocycles. The molecule has 1 fully saturated rings. The van der Waals surface area contributed by atoms with Gasteiger partial charge in [0, 0.05) is 12.8 Å². The van der Waals surface area contributed by atoms with Gasteiger partial charge in [-0.05, 0) is 12.8 Å². The molecule has 130 valence electrons. The summed E-state index contributed by atoms with van der Waals surface area (Å²) in [7, 11) is -4.74. The van der Waals surface area contributed by atoms with Crippen LogP contribution < -0.4 is 0 Å². The summed E-state index contributed by atoms with van der Waals surface area (Å²) in [5.74, 6) is -4.11. The second kappa shape index (κ2) is 8.02. The van der Waals surface area contributed by atoms with Gasteiger partial charge in [0.05, 0.1) is 6.42 Å². The number of hydroxylamine groups is 2. The number of amides is 2. The van der Waals surface area contributed by atoms with Gasteiger partial charge in [0.25, 0.3) is 21.9 Å². The molecule has 1 aliphatic heterocycles. The molecular formula is C12H17NO9S. The van der Waals surface area contributed by atoms with Gasteiger partial charge in [-0.25, -0.2) is 4.79 Å². The van der Waals surface area contributed by atoms with Gasteiger partial charge in [0.1, 0.15) is 0 Å². The van der Waals surface area contributed by atoms with E-state index in [1.807, 2.05) is 0 Å². The number of hydrogen-bond donors (Lipinski definition) is 2. The highest BCUT2D eigenvalue weighted by atomic mass is 32.2. The summed E-state index contributed by atoms with van der Waals surface area (Å²) in [6.07, 6.45) is 1.17. The summed E-state index contributed by atoms with van der Waals surface area (Å²) in [6.45, 7) is 0. The van der Waals surface area contributed by atoms with Crippen LogP contribution in [0.2, 0.25) is 0 Å². The summed E-state index contributed by atoms with van der Waals surface area (Å²) in [6, 6.07) is 0. The van der Waals surface area contributed by atoms with Crippen molar-refractivity contribution in [1.29, 1.82) is 0 Å². The zero-order valence-corrected chi connectivity index (χ0v) is 13.0. The monoisotopic (exact) mass is 351 g/mol. The van der Waals surface area contributed by atoms with Gasteiger partial charge >= 0.3 is 11.9 Å². The molecule has 0 spiro atoms. The Bertz CT molecular complexity index is 598. The molecule has 0 saturated carbocycles. The SMILES string of the molecule is O=C(O)CCCCCCC(=O)ON1C(=O)C[C@H](S(=O)(=O)O)C1=O. The Labute approximate surface area is 132 Å². The molecule has 0 aliphatic carbocycles. The highest BCUT2D eigenvalue weighted by Gasteiger charge is 2.48. The van der Waals surface area contributed by atoms with E-state index in [1.165, 1.54) is 0 Å². The van der Waals surface area contributed by atoms with Crippen molar-refractivity contribution >= 4 is 33.9 Å². The lowest BCUT2D eigenvalue weighted by atomic mass is 10.1. The van der Waals surface area contributed by atoms with E-state index in [-0.39, 0.29) is 17.9 Å². The minimum Gasteiger partial charge on any atom is -0.481 e. The quantitative estimate of drug-likeness (QED) is 0.328. The van der Waals surface area contributed by atoms with Crippen LogP contribution in [-0.4, -0.2) is 52.1 Å². The summed E-state index contributed by atoms with van der Waals surface area (Å²) in [5.41, 5.74) is 0. The molecule has 0 radical (unpaired) electrons. The first kappa shape index (κ1) is 19.0. The van der Waals surface area contributed by atoms with E-state index in [0.717, 1.165) is 0 Å². The number of carbonyl (C=O) groups is 4. The summed E-state index contributed by atoms with van der Waals surface area (Å²) in [5, 5.41) is 6.56. The minimum atomic E-state index is -4.74. The number of hydrogen-bond acceptors (Lipinski definition) is 7. The van der Waals surface area contributed by atoms with Gasteiger partial charge in [-0.3, -0.25) is 18.9 Å². The fourth-order valence-corrected chi connectivity index (χ4v) is 2.66. The Morgan fingerprint density at radius 3 is 2.17 bits per heavy atom. The van der Waals surface area contributed by atoms with E-state index >= 15 is 0 Å². The fraction of sp³-hybridized carbons (Fsp3) is 0.667. The van der Waals surface area contributed by atoms with E-state index in [2.05, 4.69) is 4.84 Å². The largest absolute Gasteiger partial charge is 0.481 e. The van der Waals surface area contributed by atoms with Crippen molar-refractivity contribution < 1.29 is 42.1 Å². The lowest BCUT2D eigenvalue weighted by Crippen LogP contribution is -2.36. The zero-order chi connectivity index (χ0) is 17.6. The molecule has 23 heavy (non-hydrogen) atoms. The van der Waals surface area contributed by atoms with Crippen LogP contribution >= 0.6 is 0 Å². The summed E-state index contributed by atoms with van der Waals surface area (Å²) < 4.78 is 30.6. The highest BCUT2D eigenvalue weighted by Crippen LogP contribution is 2.20. The number of rotatable bonds is 9. The first-order chi connectivity index (χ1) is 10.6. The third-order valence-electron chi connectivity index (χ3n) is 3.14. The third kappa shape index (κ3) is 5.94. The molecule has 0 aromatic carbocycles. The van der Waals surface area contributed by atoms with Crippen LogP contribution in [0.5, 0.6) is 0 Å². The van der Waals surface area contributed by atoms with Crippen molar-refractivity contribution in [3.05, 3.63) is 0 Å². The second-order valence-electron chi connectivity index (χ2n) is 5.01. The summed E-state index contributed by atoms with van der Waals surface area (Å²) in [4.78, 5) is 49.4. The topological polar surface area (TPSA) is 155 Å². The maximum absolute atomic E-state index is 11.6. The van der Waals surface area contributed by atoms with E-state index in [9.17, 15) is 27.6 Å². The molecule has 11 heteroatoms. The van der Waals surface area contributed by atoms with Crippen LogP contribution in [0.1, 0.15) is 44.9 Å². The smallest absolute Gasteiger partial charge is 0.333 e. The predicted octanol–water partition coefficient (Wildman–Crippen LogP) is -0.115. The third-order valence-corrected chi connectivity index (χ3v) is 4.22. The molecular weight excluding hydrogens is 334 g/mol. The van der Waals surface area contributed by atoms with E-state index in [0.29, 0.717) is 25.7 Å². The molecule has 1 aliphatic rings. The van der Waals surface area contributed by atoms with E-state index in [4.69, 9.17) is 9.66 Å². The standard InChI is InChI=1S/C12H17NO9S/c14-9-7-8(23(19,20)21)12(18)13(9)22-11(17)6-4-2-1-3-5-10(15)16/h8H,1-7H2,(H,15,16)(H,19,20,21)/t8-/m0/s1. The Morgan fingerprint density at radius 2 is 1.70 bits per heavy atom. The number of carboxylic acid groups (broad SMARTS) is 1. The van der Waals surface area contributed by atoms with Crippen molar-refractivity contribution in [2.24, 2.45) is 0 Å². The first-order valence-electron chi connectivity index (χ1n) is 6.88. The van der Waals surface area contributed by atoms with Gasteiger partial charge in [-0.2, -0.15) is 8.42 Å².